The number of hydrogen-bond acceptors (Lipinski definition) is 5. The highest BCUT2D eigenvalue weighted by atomic mass is 32.2. The van der Waals surface area contributed by atoms with Crippen LogP contribution in [0, 0.1) is 0 Å². The Bertz CT molecular complexity index is 668. The molecule has 21 heavy (non-hydrogen) atoms. The van der Waals surface area contributed by atoms with Crippen molar-refractivity contribution in [2.45, 2.75) is 9.79 Å². The molecule has 0 bridgehead atoms. The molecule has 3 rings (SSSR count). The average molecular weight is 299 g/mol. The molecule has 0 aromatic heterocycles. The van der Waals surface area contributed by atoms with Gasteiger partial charge in [-0.1, -0.05) is 11.8 Å². The Morgan fingerprint density at radius 3 is 2.67 bits per heavy atom. The Kier molecular flexibility index (Phi) is 4.01. The lowest BCUT2D eigenvalue weighted by atomic mass is 10.2. The van der Waals surface area contributed by atoms with Crippen molar-refractivity contribution in [3.05, 3.63) is 48.0 Å². The van der Waals surface area contributed by atoms with Crippen LogP contribution in [0.4, 0.5) is 5.69 Å². The molecule has 2 aromatic carbocycles. The highest BCUT2D eigenvalue weighted by Gasteiger charge is 2.14. The maximum Gasteiger partial charge on any atom is 0.129 e. The predicted octanol–water partition coefficient (Wildman–Crippen LogP) is 2.78. The standard InChI is InChI=1S/C16H17N3OS/c1-20-12-3-5-13(6-4-12)21-15-7-2-11(17)10-14(15)16-18-8-9-19-16/h2-7,10H,8-9,17H2,1H3,(H,18,19). The van der Waals surface area contributed by atoms with E-state index in [1.54, 1.807) is 18.9 Å². The maximum atomic E-state index is 5.92. The number of methoxy groups -OCH3 is 1. The number of nitrogens with two attached hydrogens (primary N) is 1. The summed E-state index contributed by atoms with van der Waals surface area (Å²) in [7, 11) is 1.67. The van der Waals surface area contributed by atoms with E-state index in [9.17, 15) is 0 Å². The van der Waals surface area contributed by atoms with E-state index in [0.29, 0.717) is 0 Å². The molecule has 0 radical (unpaired) electrons. The number of amidine groups is 1. The Labute approximate surface area is 128 Å². The van der Waals surface area contributed by atoms with Crippen molar-refractivity contribution in [1.82, 2.24) is 5.32 Å². The SMILES string of the molecule is COc1ccc(Sc2ccc(N)cc2C2=NCCN2)cc1. The molecule has 4 nitrogen and oxygen atoms in total. The van der Waals surface area contributed by atoms with Gasteiger partial charge in [0.25, 0.3) is 0 Å². The van der Waals surface area contributed by atoms with Gasteiger partial charge in [-0.25, -0.2) is 0 Å². The van der Waals surface area contributed by atoms with Gasteiger partial charge in [0, 0.05) is 27.6 Å². The zero-order valence-electron chi connectivity index (χ0n) is 11.8. The second-order valence-electron chi connectivity index (χ2n) is 4.69. The lowest BCUT2D eigenvalue weighted by molar-refractivity contribution is 0.414. The number of aliphatic imine (C=N–C) groups is 1. The van der Waals surface area contributed by atoms with E-state index in [4.69, 9.17) is 10.5 Å². The lowest BCUT2D eigenvalue weighted by Gasteiger charge is -2.11. The average Bonchev–Trinajstić information content (AvgIpc) is 3.04. The number of benzene rings is 2. The molecule has 0 unspecified atom stereocenters. The number of nitrogen functional groups attached to an aromatic ring is 1. The number of nitrogens with zero attached hydrogens (tertiary/aromatic N) is 1. The third-order valence-electron chi connectivity index (χ3n) is 3.22. The Balaban J connectivity index is 1.90. The van der Waals surface area contributed by atoms with E-state index in [1.165, 1.54) is 0 Å². The van der Waals surface area contributed by atoms with Gasteiger partial charge in [0.2, 0.25) is 0 Å². The van der Waals surface area contributed by atoms with Crippen molar-refractivity contribution < 1.29 is 4.74 Å². The molecular weight excluding hydrogens is 282 g/mol. The maximum absolute atomic E-state index is 5.92. The molecule has 2 aromatic rings. The summed E-state index contributed by atoms with van der Waals surface area (Å²) in [6, 6.07) is 14.0. The van der Waals surface area contributed by atoms with Crippen molar-refractivity contribution in [2.24, 2.45) is 4.99 Å². The molecule has 0 saturated carbocycles. The highest BCUT2D eigenvalue weighted by molar-refractivity contribution is 7.99. The summed E-state index contributed by atoms with van der Waals surface area (Å²) in [6.07, 6.45) is 0. The topological polar surface area (TPSA) is 59.6 Å². The van der Waals surface area contributed by atoms with E-state index in [-0.39, 0.29) is 0 Å². The number of rotatable bonds is 4. The van der Waals surface area contributed by atoms with Crippen LogP contribution in [-0.2, 0) is 0 Å². The first-order valence-electron chi connectivity index (χ1n) is 6.76. The zero-order chi connectivity index (χ0) is 14.7. The lowest BCUT2D eigenvalue weighted by Crippen LogP contribution is -2.20. The van der Waals surface area contributed by atoms with E-state index in [2.05, 4.69) is 10.3 Å². The molecule has 1 heterocycles. The summed E-state index contributed by atoms with van der Waals surface area (Å²) in [5, 5.41) is 3.31. The molecule has 0 aliphatic carbocycles. The van der Waals surface area contributed by atoms with Gasteiger partial charge in [0.05, 0.1) is 13.7 Å². The first-order chi connectivity index (χ1) is 10.3. The van der Waals surface area contributed by atoms with Crippen LogP contribution < -0.4 is 15.8 Å². The van der Waals surface area contributed by atoms with Crippen LogP contribution in [0.3, 0.4) is 0 Å². The van der Waals surface area contributed by atoms with Crippen molar-refractivity contribution >= 4 is 23.3 Å². The Morgan fingerprint density at radius 1 is 1.19 bits per heavy atom. The first kappa shape index (κ1) is 13.8. The fourth-order valence-electron chi connectivity index (χ4n) is 2.17. The van der Waals surface area contributed by atoms with Crippen LogP contribution in [0.2, 0.25) is 0 Å². The molecule has 0 saturated heterocycles. The van der Waals surface area contributed by atoms with Gasteiger partial charge < -0.3 is 15.8 Å². The Hall–Kier alpha value is -2.14. The van der Waals surface area contributed by atoms with Gasteiger partial charge in [-0.05, 0) is 42.5 Å². The predicted molar refractivity (Wildman–Crippen MR) is 87.4 cm³/mol. The summed E-state index contributed by atoms with van der Waals surface area (Å²) in [4.78, 5) is 6.79. The molecule has 0 atom stereocenters. The van der Waals surface area contributed by atoms with Crippen LogP contribution in [0.25, 0.3) is 0 Å². The zero-order valence-corrected chi connectivity index (χ0v) is 12.6. The van der Waals surface area contributed by atoms with Crippen molar-refractivity contribution in [2.75, 3.05) is 25.9 Å². The minimum atomic E-state index is 0.750. The molecule has 0 amide bonds. The number of anilines is 1. The molecule has 5 heteroatoms. The third-order valence-corrected chi connectivity index (χ3v) is 4.30. The summed E-state index contributed by atoms with van der Waals surface area (Å²) in [6.45, 7) is 1.70. The molecule has 0 spiro atoms. The van der Waals surface area contributed by atoms with Crippen molar-refractivity contribution in [1.29, 1.82) is 0 Å². The van der Waals surface area contributed by atoms with Gasteiger partial charge in [-0.15, -0.1) is 0 Å². The number of nitrogens with one attached hydrogen (secondary N) is 1. The molecular formula is C16H17N3OS. The van der Waals surface area contributed by atoms with Gasteiger partial charge in [-0.3, -0.25) is 4.99 Å². The van der Waals surface area contributed by atoms with Crippen LogP contribution >= 0.6 is 11.8 Å². The van der Waals surface area contributed by atoms with E-state index >= 15 is 0 Å². The second-order valence-corrected chi connectivity index (χ2v) is 5.81. The van der Waals surface area contributed by atoms with Crippen LogP contribution in [-0.4, -0.2) is 26.0 Å². The number of hydrogen-bond donors (Lipinski definition) is 2. The monoisotopic (exact) mass is 299 g/mol. The highest BCUT2D eigenvalue weighted by Crippen LogP contribution is 2.33. The quantitative estimate of drug-likeness (QED) is 0.852. The fourth-order valence-corrected chi connectivity index (χ4v) is 3.10. The molecule has 3 N–H and O–H groups in total. The minimum absolute atomic E-state index is 0.750. The summed E-state index contributed by atoms with van der Waals surface area (Å²) < 4.78 is 5.19. The van der Waals surface area contributed by atoms with Gasteiger partial charge in [-0.2, -0.15) is 0 Å². The van der Waals surface area contributed by atoms with E-state index in [0.717, 1.165) is 45.7 Å². The van der Waals surface area contributed by atoms with Gasteiger partial charge >= 0.3 is 0 Å². The fraction of sp³-hybridized carbons (Fsp3) is 0.188. The third kappa shape index (κ3) is 3.13. The van der Waals surface area contributed by atoms with Crippen LogP contribution in [0.1, 0.15) is 5.56 Å². The Morgan fingerprint density at radius 2 is 2.00 bits per heavy atom. The van der Waals surface area contributed by atoms with Gasteiger partial charge in [0.1, 0.15) is 11.6 Å². The molecule has 1 aliphatic heterocycles. The smallest absolute Gasteiger partial charge is 0.129 e. The second kappa shape index (κ2) is 6.10. The minimum Gasteiger partial charge on any atom is -0.497 e. The largest absolute Gasteiger partial charge is 0.497 e. The first-order valence-corrected chi connectivity index (χ1v) is 7.58. The summed E-state index contributed by atoms with van der Waals surface area (Å²) in [5.74, 6) is 1.79. The van der Waals surface area contributed by atoms with Crippen molar-refractivity contribution in [3.63, 3.8) is 0 Å². The normalized spacial score (nSPS) is 13.7. The van der Waals surface area contributed by atoms with E-state index in [1.807, 2.05) is 42.5 Å². The molecule has 108 valence electrons. The van der Waals surface area contributed by atoms with Crippen molar-refractivity contribution in [3.8, 4) is 5.75 Å². The molecule has 0 fully saturated rings. The summed E-state index contributed by atoms with van der Waals surface area (Å²) >= 11 is 1.70. The van der Waals surface area contributed by atoms with Gasteiger partial charge in [0.15, 0.2) is 0 Å². The van der Waals surface area contributed by atoms with E-state index < -0.39 is 0 Å². The summed E-state index contributed by atoms with van der Waals surface area (Å²) in [5.41, 5.74) is 7.73. The van der Waals surface area contributed by atoms with Crippen LogP contribution in [0.15, 0.2) is 57.2 Å². The molecule has 1 aliphatic rings. The number of ether oxygens (including phenoxy) is 1. The van der Waals surface area contributed by atoms with Crippen LogP contribution in [0.5, 0.6) is 5.75 Å².